The van der Waals surface area contributed by atoms with Crippen molar-refractivity contribution in [2.24, 2.45) is 5.10 Å². The van der Waals surface area contributed by atoms with E-state index in [-0.39, 0.29) is 10.6 Å². The van der Waals surface area contributed by atoms with Gasteiger partial charge in [-0.2, -0.15) is 18.3 Å². The standard InChI is InChI=1S/C21H18F3N3O3S2/c1-15(19-11-6-12-31-19)25-26-20(28)14-27(32(29,30)18-9-3-2-4-10-18)17-8-5-7-16(13-17)21(22,23)24/h2-13H,14H2,1H3,(H,26,28)/b25-15-. The van der Waals surface area contributed by atoms with E-state index in [1.807, 2.05) is 11.4 Å². The quantitative estimate of drug-likeness (QED) is 0.399. The minimum absolute atomic E-state index is 0.163. The van der Waals surface area contributed by atoms with E-state index >= 15 is 0 Å². The van der Waals surface area contributed by atoms with Gasteiger partial charge in [-0.15, -0.1) is 11.3 Å². The van der Waals surface area contributed by atoms with Crippen molar-refractivity contribution in [1.82, 2.24) is 5.43 Å². The summed E-state index contributed by atoms with van der Waals surface area (Å²) in [4.78, 5) is 13.2. The number of rotatable bonds is 7. The number of alkyl halides is 3. The molecule has 0 saturated heterocycles. The van der Waals surface area contributed by atoms with E-state index in [1.54, 1.807) is 19.1 Å². The van der Waals surface area contributed by atoms with Crippen LogP contribution in [0.4, 0.5) is 18.9 Å². The van der Waals surface area contributed by atoms with Crippen molar-refractivity contribution in [1.29, 1.82) is 0 Å². The first-order valence-corrected chi connectivity index (χ1v) is 11.5. The molecule has 0 atom stereocenters. The predicted molar refractivity (Wildman–Crippen MR) is 117 cm³/mol. The number of hydrazone groups is 1. The predicted octanol–water partition coefficient (Wildman–Crippen LogP) is 4.50. The summed E-state index contributed by atoms with van der Waals surface area (Å²) >= 11 is 1.40. The molecule has 0 bridgehead atoms. The molecule has 0 saturated carbocycles. The first kappa shape index (κ1) is 23.5. The second kappa shape index (κ2) is 9.53. The Labute approximate surface area is 187 Å². The molecule has 0 spiro atoms. The van der Waals surface area contributed by atoms with Crippen LogP contribution in [0.5, 0.6) is 0 Å². The zero-order valence-electron chi connectivity index (χ0n) is 16.7. The lowest BCUT2D eigenvalue weighted by Crippen LogP contribution is -2.39. The molecule has 1 aromatic heterocycles. The largest absolute Gasteiger partial charge is 0.416 e. The minimum Gasteiger partial charge on any atom is -0.271 e. The van der Waals surface area contributed by atoms with Crippen molar-refractivity contribution in [2.75, 3.05) is 10.8 Å². The lowest BCUT2D eigenvalue weighted by molar-refractivity contribution is -0.137. The van der Waals surface area contributed by atoms with Crippen LogP contribution in [-0.4, -0.2) is 26.6 Å². The number of thiophene rings is 1. The highest BCUT2D eigenvalue weighted by Crippen LogP contribution is 2.33. The number of hydrogen-bond acceptors (Lipinski definition) is 5. The summed E-state index contributed by atoms with van der Waals surface area (Å²) in [5, 5.41) is 5.78. The van der Waals surface area contributed by atoms with Crippen molar-refractivity contribution < 1.29 is 26.4 Å². The molecule has 0 radical (unpaired) electrons. The van der Waals surface area contributed by atoms with Gasteiger partial charge in [0.05, 0.1) is 21.9 Å². The fourth-order valence-electron chi connectivity index (χ4n) is 2.72. The van der Waals surface area contributed by atoms with Gasteiger partial charge in [-0.1, -0.05) is 30.3 Å². The number of sulfonamides is 1. The van der Waals surface area contributed by atoms with Crippen LogP contribution in [0.15, 0.2) is 82.1 Å². The topological polar surface area (TPSA) is 78.8 Å². The molecule has 11 heteroatoms. The van der Waals surface area contributed by atoms with E-state index in [0.717, 1.165) is 17.0 Å². The second-order valence-electron chi connectivity index (χ2n) is 6.58. The zero-order valence-corrected chi connectivity index (χ0v) is 18.3. The highest BCUT2D eigenvalue weighted by atomic mass is 32.2. The molecule has 0 fully saturated rings. The Bertz CT molecular complexity index is 1210. The Morgan fingerprint density at radius 3 is 2.41 bits per heavy atom. The molecular weight excluding hydrogens is 463 g/mol. The summed E-state index contributed by atoms with van der Waals surface area (Å²) in [5.74, 6) is -0.808. The SMILES string of the molecule is C/C(=N/NC(=O)CN(c1cccc(C(F)(F)F)c1)S(=O)(=O)c1ccccc1)c1cccs1. The normalized spacial score (nSPS) is 12.4. The van der Waals surface area contributed by atoms with Gasteiger partial charge < -0.3 is 0 Å². The van der Waals surface area contributed by atoms with Gasteiger partial charge in [0.25, 0.3) is 15.9 Å². The molecule has 6 nitrogen and oxygen atoms in total. The van der Waals surface area contributed by atoms with E-state index in [2.05, 4.69) is 10.5 Å². The van der Waals surface area contributed by atoms with Gasteiger partial charge in [-0.05, 0) is 48.7 Å². The van der Waals surface area contributed by atoms with Crippen LogP contribution >= 0.6 is 11.3 Å². The maximum atomic E-state index is 13.2. The molecule has 0 aliphatic carbocycles. The van der Waals surface area contributed by atoms with E-state index in [0.29, 0.717) is 16.1 Å². The van der Waals surface area contributed by atoms with E-state index in [9.17, 15) is 26.4 Å². The van der Waals surface area contributed by atoms with Crippen LogP contribution in [0.3, 0.4) is 0 Å². The van der Waals surface area contributed by atoms with Crippen molar-refractivity contribution in [3.05, 3.63) is 82.6 Å². The first-order chi connectivity index (χ1) is 15.1. The molecule has 0 aliphatic heterocycles. The third kappa shape index (κ3) is 5.54. The number of anilines is 1. The Hall–Kier alpha value is -3.18. The summed E-state index contributed by atoms with van der Waals surface area (Å²) in [7, 11) is -4.33. The monoisotopic (exact) mass is 481 g/mol. The second-order valence-corrected chi connectivity index (χ2v) is 9.39. The Balaban J connectivity index is 1.94. The molecule has 1 heterocycles. The molecule has 32 heavy (non-hydrogen) atoms. The van der Waals surface area contributed by atoms with Crippen molar-refractivity contribution in [2.45, 2.75) is 18.0 Å². The van der Waals surface area contributed by atoms with Crippen molar-refractivity contribution in [3.8, 4) is 0 Å². The Morgan fingerprint density at radius 2 is 1.78 bits per heavy atom. The summed E-state index contributed by atoms with van der Waals surface area (Å²) in [6.45, 7) is 0.900. The van der Waals surface area contributed by atoms with Crippen LogP contribution in [0.1, 0.15) is 17.4 Å². The highest BCUT2D eigenvalue weighted by Gasteiger charge is 2.33. The molecule has 168 valence electrons. The first-order valence-electron chi connectivity index (χ1n) is 9.21. The van der Waals surface area contributed by atoms with Gasteiger partial charge in [0.15, 0.2) is 0 Å². The lowest BCUT2D eigenvalue weighted by Gasteiger charge is -2.24. The number of halogens is 3. The lowest BCUT2D eigenvalue weighted by atomic mass is 10.2. The molecule has 0 unspecified atom stereocenters. The van der Waals surface area contributed by atoms with Crippen molar-refractivity contribution >= 4 is 38.7 Å². The summed E-state index contributed by atoms with van der Waals surface area (Å²) < 4.78 is 66.6. The van der Waals surface area contributed by atoms with Gasteiger partial charge in [0, 0.05) is 4.88 Å². The maximum absolute atomic E-state index is 13.2. The third-order valence-corrected chi connectivity index (χ3v) is 7.07. The number of carbonyl (C=O) groups excluding carboxylic acids is 1. The van der Waals surface area contributed by atoms with E-state index < -0.39 is 34.2 Å². The van der Waals surface area contributed by atoms with Crippen LogP contribution in [0.2, 0.25) is 0 Å². The number of carbonyl (C=O) groups is 1. The number of nitrogens with one attached hydrogen (secondary N) is 1. The van der Waals surface area contributed by atoms with E-state index in [4.69, 9.17) is 0 Å². The summed E-state index contributed by atoms with van der Waals surface area (Å²) in [5.41, 5.74) is 1.45. The molecule has 3 aromatic rings. The fourth-order valence-corrected chi connectivity index (χ4v) is 4.83. The van der Waals surface area contributed by atoms with Crippen molar-refractivity contribution in [3.63, 3.8) is 0 Å². The minimum atomic E-state index is -4.68. The third-order valence-electron chi connectivity index (χ3n) is 4.31. The maximum Gasteiger partial charge on any atom is 0.416 e. The summed E-state index contributed by atoms with van der Waals surface area (Å²) in [6.07, 6.45) is -4.68. The molecular formula is C21H18F3N3O3S2. The smallest absolute Gasteiger partial charge is 0.271 e. The van der Waals surface area contributed by atoms with Gasteiger partial charge in [0.2, 0.25) is 0 Å². The van der Waals surface area contributed by atoms with Gasteiger partial charge >= 0.3 is 6.18 Å². The van der Waals surface area contributed by atoms with Gasteiger partial charge in [0.1, 0.15) is 6.54 Å². The van der Waals surface area contributed by atoms with Crippen LogP contribution in [0, 0.1) is 0 Å². The van der Waals surface area contributed by atoms with Gasteiger partial charge in [-0.25, -0.2) is 13.8 Å². The number of nitrogens with zero attached hydrogens (tertiary/aromatic N) is 2. The zero-order chi connectivity index (χ0) is 23.4. The Kier molecular flexibility index (Phi) is 6.99. The van der Waals surface area contributed by atoms with Crippen LogP contribution in [0.25, 0.3) is 0 Å². The summed E-state index contributed by atoms with van der Waals surface area (Å²) in [6, 6.07) is 14.6. The average molecular weight is 482 g/mol. The number of benzene rings is 2. The highest BCUT2D eigenvalue weighted by molar-refractivity contribution is 7.92. The fraction of sp³-hybridized carbons (Fsp3) is 0.143. The molecule has 2 aromatic carbocycles. The number of amides is 1. The molecule has 3 rings (SSSR count). The van der Waals surface area contributed by atoms with Crippen LogP contribution < -0.4 is 9.73 Å². The number of hydrogen-bond donors (Lipinski definition) is 1. The van der Waals surface area contributed by atoms with Gasteiger partial charge in [-0.3, -0.25) is 9.10 Å². The Morgan fingerprint density at radius 1 is 1.06 bits per heavy atom. The van der Waals surface area contributed by atoms with E-state index in [1.165, 1.54) is 41.7 Å². The molecule has 1 amide bonds. The molecule has 1 N–H and O–H groups in total. The van der Waals surface area contributed by atoms with Crippen LogP contribution in [-0.2, 0) is 21.0 Å². The molecule has 0 aliphatic rings. The average Bonchev–Trinajstić information content (AvgIpc) is 3.31.